The van der Waals surface area contributed by atoms with Crippen LogP contribution < -0.4 is 0 Å². The molecule has 0 radical (unpaired) electrons. The summed E-state index contributed by atoms with van der Waals surface area (Å²) in [5.41, 5.74) is 0. The van der Waals surface area contributed by atoms with Crippen molar-refractivity contribution in [1.29, 1.82) is 0 Å². The molecule has 2 aromatic rings. The second-order valence-corrected chi connectivity index (χ2v) is 2.86. The van der Waals surface area contributed by atoms with E-state index in [-0.39, 0.29) is 6.17 Å². The van der Waals surface area contributed by atoms with Gasteiger partial charge in [0, 0.05) is 24.8 Å². The molecule has 4 heteroatoms. The Labute approximate surface area is 76.8 Å². The van der Waals surface area contributed by atoms with Crippen LogP contribution in [0, 0.1) is 0 Å². The molecule has 0 saturated carbocycles. The predicted molar refractivity (Wildman–Crippen MR) is 49.2 cm³/mol. The highest BCUT2D eigenvalue weighted by atomic mass is 15.4. The van der Waals surface area contributed by atoms with Crippen molar-refractivity contribution < 1.29 is 0 Å². The second-order valence-electron chi connectivity index (χ2n) is 2.86. The first kappa shape index (κ1) is 8.04. The van der Waals surface area contributed by atoms with E-state index >= 15 is 0 Å². The van der Waals surface area contributed by atoms with Crippen LogP contribution in [0.25, 0.3) is 0 Å². The van der Waals surface area contributed by atoms with Gasteiger partial charge in [0.2, 0.25) is 0 Å². The summed E-state index contributed by atoms with van der Waals surface area (Å²) in [7, 11) is 0. The highest BCUT2D eigenvalue weighted by molar-refractivity contribution is 4.85. The summed E-state index contributed by atoms with van der Waals surface area (Å²) in [5.74, 6) is 0. The first-order valence-electron chi connectivity index (χ1n) is 4.40. The molecule has 2 aromatic heterocycles. The Morgan fingerprint density at radius 2 is 1.62 bits per heavy atom. The molecule has 2 heterocycles. The first-order valence-corrected chi connectivity index (χ1v) is 4.40. The van der Waals surface area contributed by atoms with E-state index in [4.69, 9.17) is 0 Å². The highest BCUT2D eigenvalue weighted by Crippen LogP contribution is 2.10. The lowest BCUT2D eigenvalue weighted by Gasteiger charge is -2.15. The van der Waals surface area contributed by atoms with Crippen molar-refractivity contribution in [2.45, 2.75) is 19.5 Å². The Kier molecular flexibility index (Phi) is 2.12. The molecule has 0 aromatic carbocycles. The first-order chi connectivity index (χ1) is 6.42. The van der Waals surface area contributed by atoms with Gasteiger partial charge in [0.15, 0.2) is 0 Å². The maximum absolute atomic E-state index is 4.20. The summed E-state index contributed by atoms with van der Waals surface area (Å²) >= 11 is 0. The number of hydrogen-bond donors (Lipinski definition) is 0. The van der Waals surface area contributed by atoms with Crippen molar-refractivity contribution in [1.82, 2.24) is 19.6 Å². The Hall–Kier alpha value is -1.58. The largest absolute Gasteiger partial charge is 0.248 e. The highest BCUT2D eigenvalue weighted by Gasteiger charge is 2.09. The molecule has 0 N–H and O–H groups in total. The maximum Gasteiger partial charge on any atom is 0.143 e. The van der Waals surface area contributed by atoms with E-state index in [2.05, 4.69) is 17.1 Å². The van der Waals surface area contributed by atoms with Crippen LogP contribution in [0.15, 0.2) is 36.9 Å². The summed E-state index contributed by atoms with van der Waals surface area (Å²) in [6, 6.07) is 3.85. The van der Waals surface area contributed by atoms with Crippen LogP contribution in [0.5, 0.6) is 0 Å². The summed E-state index contributed by atoms with van der Waals surface area (Å²) in [4.78, 5) is 0. The van der Waals surface area contributed by atoms with Gasteiger partial charge in [-0.2, -0.15) is 10.2 Å². The van der Waals surface area contributed by atoms with Crippen LogP contribution >= 0.6 is 0 Å². The quantitative estimate of drug-likeness (QED) is 0.711. The Bertz CT molecular complexity index is 301. The average Bonchev–Trinajstić information content (AvgIpc) is 2.76. The number of hydrogen-bond acceptors (Lipinski definition) is 2. The average molecular weight is 176 g/mol. The molecule has 0 bridgehead atoms. The van der Waals surface area contributed by atoms with E-state index in [1.54, 1.807) is 12.4 Å². The number of nitrogens with zero attached hydrogens (tertiary/aromatic N) is 4. The van der Waals surface area contributed by atoms with E-state index in [1.807, 2.05) is 33.9 Å². The molecule has 2 rings (SSSR count). The van der Waals surface area contributed by atoms with Crippen molar-refractivity contribution >= 4 is 0 Å². The van der Waals surface area contributed by atoms with Crippen LogP contribution in [-0.2, 0) is 0 Å². The SMILES string of the molecule is CCC(n1cccn1)n1cccn1. The van der Waals surface area contributed by atoms with Crippen LogP contribution in [0.1, 0.15) is 19.5 Å². The van der Waals surface area contributed by atoms with Gasteiger partial charge in [-0.3, -0.25) is 0 Å². The van der Waals surface area contributed by atoms with Crippen molar-refractivity contribution in [2.75, 3.05) is 0 Å². The third-order valence-electron chi connectivity index (χ3n) is 2.03. The standard InChI is InChI=1S/C9H12N4/c1-2-9(12-7-3-5-10-12)13-8-4-6-11-13/h3-9H,2H2,1H3. The minimum Gasteiger partial charge on any atom is -0.248 e. The molecule has 0 saturated heterocycles. The van der Waals surface area contributed by atoms with Gasteiger partial charge in [-0.15, -0.1) is 0 Å². The molecule has 68 valence electrons. The van der Waals surface area contributed by atoms with Gasteiger partial charge >= 0.3 is 0 Å². The molecule has 0 aliphatic carbocycles. The van der Waals surface area contributed by atoms with E-state index in [0.717, 1.165) is 6.42 Å². The third-order valence-corrected chi connectivity index (χ3v) is 2.03. The van der Waals surface area contributed by atoms with Crippen LogP contribution in [0.2, 0.25) is 0 Å². The van der Waals surface area contributed by atoms with Crippen LogP contribution in [-0.4, -0.2) is 19.6 Å². The molecular weight excluding hydrogens is 164 g/mol. The molecule has 0 spiro atoms. The molecule has 0 amide bonds. The van der Waals surface area contributed by atoms with Crippen LogP contribution in [0.4, 0.5) is 0 Å². The lowest BCUT2D eigenvalue weighted by Crippen LogP contribution is -2.18. The fourth-order valence-electron chi connectivity index (χ4n) is 1.41. The van der Waals surface area contributed by atoms with Gasteiger partial charge < -0.3 is 0 Å². The van der Waals surface area contributed by atoms with E-state index in [9.17, 15) is 0 Å². The monoisotopic (exact) mass is 176 g/mol. The zero-order valence-electron chi connectivity index (χ0n) is 7.54. The van der Waals surface area contributed by atoms with Gasteiger partial charge in [0.05, 0.1) is 0 Å². The van der Waals surface area contributed by atoms with Crippen molar-refractivity contribution in [3.05, 3.63) is 36.9 Å². The summed E-state index contributed by atoms with van der Waals surface area (Å²) in [5, 5.41) is 8.40. The fraction of sp³-hybridized carbons (Fsp3) is 0.333. The normalized spacial score (nSPS) is 10.9. The summed E-state index contributed by atoms with van der Waals surface area (Å²) in [6.07, 6.45) is 8.65. The number of aromatic nitrogens is 4. The van der Waals surface area contributed by atoms with E-state index in [1.165, 1.54) is 0 Å². The van der Waals surface area contributed by atoms with Gasteiger partial charge in [-0.05, 0) is 18.6 Å². The second kappa shape index (κ2) is 3.43. The minimum absolute atomic E-state index is 0.199. The summed E-state index contributed by atoms with van der Waals surface area (Å²) in [6.45, 7) is 2.12. The molecule has 0 aliphatic heterocycles. The van der Waals surface area contributed by atoms with Crippen molar-refractivity contribution in [2.24, 2.45) is 0 Å². The molecule has 0 atom stereocenters. The molecular formula is C9H12N4. The van der Waals surface area contributed by atoms with E-state index in [0.29, 0.717) is 0 Å². The molecule has 0 unspecified atom stereocenters. The predicted octanol–water partition coefficient (Wildman–Crippen LogP) is 1.54. The Morgan fingerprint density at radius 3 is 1.92 bits per heavy atom. The fourth-order valence-corrected chi connectivity index (χ4v) is 1.41. The lowest BCUT2D eigenvalue weighted by molar-refractivity contribution is 0.350. The number of rotatable bonds is 3. The molecule has 0 aliphatic rings. The third kappa shape index (κ3) is 1.47. The molecule has 13 heavy (non-hydrogen) atoms. The van der Waals surface area contributed by atoms with Gasteiger partial charge in [-0.25, -0.2) is 9.36 Å². The van der Waals surface area contributed by atoms with E-state index < -0.39 is 0 Å². The van der Waals surface area contributed by atoms with Gasteiger partial charge in [-0.1, -0.05) is 6.92 Å². The zero-order valence-corrected chi connectivity index (χ0v) is 7.54. The van der Waals surface area contributed by atoms with Crippen molar-refractivity contribution in [3.63, 3.8) is 0 Å². The smallest absolute Gasteiger partial charge is 0.143 e. The topological polar surface area (TPSA) is 35.6 Å². The van der Waals surface area contributed by atoms with Crippen molar-refractivity contribution in [3.8, 4) is 0 Å². The molecule has 0 fully saturated rings. The minimum atomic E-state index is 0.199. The summed E-state index contributed by atoms with van der Waals surface area (Å²) < 4.78 is 3.82. The van der Waals surface area contributed by atoms with Gasteiger partial charge in [0.1, 0.15) is 6.17 Å². The van der Waals surface area contributed by atoms with Gasteiger partial charge in [0.25, 0.3) is 0 Å². The zero-order chi connectivity index (χ0) is 9.10. The van der Waals surface area contributed by atoms with Crippen LogP contribution in [0.3, 0.4) is 0 Å². The Balaban J connectivity index is 2.29. The lowest BCUT2D eigenvalue weighted by atomic mass is 10.4. The maximum atomic E-state index is 4.20. The Morgan fingerprint density at radius 1 is 1.08 bits per heavy atom. The molecule has 4 nitrogen and oxygen atoms in total.